The largest absolute Gasteiger partial charge is 0.480 e. The van der Waals surface area contributed by atoms with Gasteiger partial charge in [0.25, 0.3) is 0 Å². The van der Waals surface area contributed by atoms with Crippen molar-refractivity contribution in [3.8, 4) is 5.88 Å². The van der Waals surface area contributed by atoms with Gasteiger partial charge >= 0.3 is 6.18 Å². The summed E-state index contributed by atoms with van der Waals surface area (Å²) < 4.78 is 42.2. The van der Waals surface area contributed by atoms with Crippen molar-refractivity contribution in [2.24, 2.45) is 5.73 Å². The Morgan fingerprint density at radius 2 is 1.70 bits per heavy atom. The molecule has 0 amide bonds. The molecule has 7 heteroatoms. The van der Waals surface area contributed by atoms with E-state index < -0.39 is 17.8 Å². The van der Waals surface area contributed by atoms with E-state index >= 15 is 0 Å². The maximum atomic E-state index is 12.5. The van der Waals surface area contributed by atoms with Gasteiger partial charge in [0.2, 0.25) is 5.88 Å². The molecule has 1 aromatic carbocycles. The number of ether oxygens (including phenoxy) is 1. The number of rotatable bonds is 3. The molecule has 1 unspecified atom stereocenters. The number of halogens is 3. The van der Waals surface area contributed by atoms with Crippen LogP contribution in [0.5, 0.6) is 5.88 Å². The van der Waals surface area contributed by atoms with Crippen LogP contribution in [0.1, 0.15) is 22.9 Å². The Morgan fingerprint density at radius 1 is 1.05 bits per heavy atom. The second-order valence-electron chi connectivity index (χ2n) is 4.10. The summed E-state index contributed by atoms with van der Waals surface area (Å²) in [4.78, 5) is 0. The lowest BCUT2D eigenvalue weighted by Gasteiger charge is -2.13. The molecule has 1 heterocycles. The number of nitrogens with two attached hydrogens (primary N) is 1. The molecule has 0 saturated carbocycles. The van der Waals surface area contributed by atoms with Gasteiger partial charge in [0.15, 0.2) is 0 Å². The van der Waals surface area contributed by atoms with E-state index in [1.54, 1.807) is 12.1 Å². The first-order valence-electron chi connectivity index (χ1n) is 5.72. The monoisotopic (exact) mass is 283 g/mol. The van der Waals surface area contributed by atoms with Crippen LogP contribution in [0, 0.1) is 0 Å². The Hall–Kier alpha value is -2.15. The second kappa shape index (κ2) is 5.46. The highest BCUT2D eigenvalue weighted by Gasteiger charge is 2.30. The molecular weight excluding hydrogens is 271 g/mol. The summed E-state index contributed by atoms with van der Waals surface area (Å²) in [7, 11) is 1.46. The zero-order valence-corrected chi connectivity index (χ0v) is 10.6. The average molecular weight is 283 g/mol. The fourth-order valence-corrected chi connectivity index (χ4v) is 1.66. The number of hydrogen-bond donors (Lipinski definition) is 1. The molecule has 0 saturated heterocycles. The molecule has 20 heavy (non-hydrogen) atoms. The summed E-state index contributed by atoms with van der Waals surface area (Å²) in [5.74, 6) is 0.341. The van der Waals surface area contributed by atoms with E-state index in [9.17, 15) is 13.2 Å². The zero-order chi connectivity index (χ0) is 14.8. The third kappa shape index (κ3) is 3.05. The standard InChI is InChI=1S/C13H12F3N3O/c1-20-11-7-6-10(18-19-11)12(17)8-2-4-9(5-3-8)13(14,15)16/h2-7,12H,17H2,1H3. The number of aromatic nitrogens is 2. The Balaban J connectivity index is 2.22. The van der Waals surface area contributed by atoms with Gasteiger partial charge in [0, 0.05) is 6.07 Å². The van der Waals surface area contributed by atoms with E-state index in [4.69, 9.17) is 10.5 Å². The molecule has 1 atom stereocenters. The van der Waals surface area contributed by atoms with Gasteiger partial charge in [-0.15, -0.1) is 10.2 Å². The molecule has 2 rings (SSSR count). The van der Waals surface area contributed by atoms with Crippen molar-refractivity contribution in [1.29, 1.82) is 0 Å². The van der Waals surface area contributed by atoms with Crippen LogP contribution in [0.3, 0.4) is 0 Å². The summed E-state index contributed by atoms with van der Waals surface area (Å²) in [6, 6.07) is 7.22. The number of benzene rings is 1. The molecule has 0 bridgehead atoms. The molecule has 0 aliphatic carbocycles. The normalized spacial score (nSPS) is 13.1. The molecule has 0 spiro atoms. The van der Waals surface area contributed by atoms with Crippen molar-refractivity contribution in [3.63, 3.8) is 0 Å². The third-order valence-electron chi connectivity index (χ3n) is 2.79. The van der Waals surface area contributed by atoms with Crippen LogP contribution in [0.15, 0.2) is 36.4 Å². The summed E-state index contributed by atoms with van der Waals surface area (Å²) in [5, 5.41) is 7.64. The van der Waals surface area contributed by atoms with Crippen molar-refractivity contribution < 1.29 is 17.9 Å². The minimum atomic E-state index is -4.36. The molecule has 0 aliphatic rings. The van der Waals surface area contributed by atoms with E-state index in [1.807, 2.05) is 0 Å². The van der Waals surface area contributed by atoms with Crippen LogP contribution >= 0.6 is 0 Å². The lowest BCUT2D eigenvalue weighted by atomic mass is 10.0. The van der Waals surface area contributed by atoms with Gasteiger partial charge in [0.1, 0.15) is 0 Å². The second-order valence-corrected chi connectivity index (χ2v) is 4.10. The van der Waals surface area contributed by atoms with Crippen LogP contribution in [-0.2, 0) is 6.18 Å². The van der Waals surface area contributed by atoms with Crippen molar-refractivity contribution >= 4 is 0 Å². The number of alkyl halides is 3. The molecular formula is C13H12F3N3O. The summed E-state index contributed by atoms with van der Waals surface area (Å²) in [6.45, 7) is 0. The highest BCUT2D eigenvalue weighted by Crippen LogP contribution is 2.30. The predicted molar refractivity (Wildman–Crippen MR) is 66.1 cm³/mol. The maximum Gasteiger partial charge on any atom is 0.416 e. The molecule has 0 radical (unpaired) electrons. The summed E-state index contributed by atoms with van der Waals surface area (Å²) in [6.07, 6.45) is -4.36. The molecule has 4 nitrogen and oxygen atoms in total. The van der Waals surface area contributed by atoms with Gasteiger partial charge in [0.05, 0.1) is 24.4 Å². The van der Waals surface area contributed by atoms with E-state index in [0.29, 0.717) is 17.1 Å². The van der Waals surface area contributed by atoms with Gasteiger partial charge in [-0.3, -0.25) is 0 Å². The van der Waals surface area contributed by atoms with Crippen LogP contribution < -0.4 is 10.5 Å². The molecule has 0 fully saturated rings. The third-order valence-corrected chi connectivity index (χ3v) is 2.79. The SMILES string of the molecule is COc1ccc(C(N)c2ccc(C(F)(F)F)cc2)nn1. The first kappa shape index (κ1) is 14.3. The van der Waals surface area contributed by atoms with Crippen molar-refractivity contribution in [2.75, 3.05) is 7.11 Å². The lowest BCUT2D eigenvalue weighted by Crippen LogP contribution is -2.15. The highest BCUT2D eigenvalue weighted by atomic mass is 19.4. The quantitative estimate of drug-likeness (QED) is 0.940. The van der Waals surface area contributed by atoms with Gasteiger partial charge < -0.3 is 10.5 Å². The average Bonchev–Trinajstić information content (AvgIpc) is 2.46. The smallest absolute Gasteiger partial charge is 0.416 e. The van der Waals surface area contributed by atoms with Crippen LogP contribution in [0.4, 0.5) is 13.2 Å². The predicted octanol–water partition coefficient (Wildman–Crippen LogP) is 2.55. The van der Waals surface area contributed by atoms with Gasteiger partial charge in [-0.25, -0.2) is 0 Å². The van der Waals surface area contributed by atoms with Gasteiger partial charge in [-0.1, -0.05) is 12.1 Å². The number of hydrogen-bond acceptors (Lipinski definition) is 4. The first-order valence-corrected chi connectivity index (χ1v) is 5.72. The fraction of sp³-hybridized carbons (Fsp3) is 0.231. The van der Waals surface area contributed by atoms with E-state index in [-0.39, 0.29) is 0 Å². The van der Waals surface area contributed by atoms with Gasteiger partial charge in [-0.05, 0) is 23.8 Å². The minimum absolute atomic E-state index is 0.341. The first-order chi connectivity index (χ1) is 9.41. The Morgan fingerprint density at radius 3 is 2.15 bits per heavy atom. The summed E-state index contributed by atoms with van der Waals surface area (Å²) >= 11 is 0. The van der Waals surface area contributed by atoms with Crippen molar-refractivity contribution in [1.82, 2.24) is 10.2 Å². The van der Waals surface area contributed by atoms with Crippen molar-refractivity contribution in [2.45, 2.75) is 12.2 Å². The highest BCUT2D eigenvalue weighted by molar-refractivity contribution is 5.31. The molecule has 0 aliphatic heterocycles. The topological polar surface area (TPSA) is 61.0 Å². The van der Waals surface area contributed by atoms with Crippen LogP contribution in [0.25, 0.3) is 0 Å². The van der Waals surface area contributed by atoms with E-state index in [1.165, 1.54) is 19.2 Å². The lowest BCUT2D eigenvalue weighted by molar-refractivity contribution is -0.137. The van der Waals surface area contributed by atoms with Crippen LogP contribution in [-0.4, -0.2) is 17.3 Å². The Kier molecular flexibility index (Phi) is 3.89. The molecule has 106 valence electrons. The molecule has 2 aromatic rings. The number of methoxy groups -OCH3 is 1. The fourth-order valence-electron chi connectivity index (χ4n) is 1.66. The number of nitrogens with zero attached hydrogens (tertiary/aromatic N) is 2. The molecule has 2 N–H and O–H groups in total. The van der Waals surface area contributed by atoms with E-state index in [2.05, 4.69) is 10.2 Å². The minimum Gasteiger partial charge on any atom is -0.480 e. The Bertz CT molecular complexity index is 567. The maximum absolute atomic E-state index is 12.5. The van der Waals surface area contributed by atoms with Crippen molar-refractivity contribution in [3.05, 3.63) is 53.2 Å². The molecule has 1 aromatic heterocycles. The van der Waals surface area contributed by atoms with E-state index in [0.717, 1.165) is 12.1 Å². The van der Waals surface area contributed by atoms with Gasteiger partial charge in [-0.2, -0.15) is 13.2 Å². The Labute approximate surface area is 113 Å². The zero-order valence-electron chi connectivity index (χ0n) is 10.6. The summed E-state index contributed by atoms with van der Waals surface area (Å²) in [5.41, 5.74) is 6.20. The van der Waals surface area contributed by atoms with Crippen LogP contribution in [0.2, 0.25) is 0 Å².